The maximum Gasteiger partial charge on any atom is 0.268 e. The smallest absolute Gasteiger partial charge is 0.268 e. The Balaban J connectivity index is 2.33. The summed E-state index contributed by atoms with van der Waals surface area (Å²) in [4.78, 5) is 11.7. The van der Waals surface area contributed by atoms with Gasteiger partial charge in [-0.2, -0.15) is 0 Å². The van der Waals surface area contributed by atoms with Crippen molar-refractivity contribution in [2.24, 2.45) is 5.73 Å². The quantitative estimate of drug-likeness (QED) is 0.816. The van der Waals surface area contributed by atoms with E-state index in [1.807, 2.05) is 30.4 Å². The van der Waals surface area contributed by atoms with E-state index in [1.165, 1.54) is 0 Å². The highest BCUT2D eigenvalue weighted by atomic mass is 16.5. The molecular weight excluding hydrogens is 216 g/mol. The zero-order valence-corrected chi connectivity index (χ0v) is 9.99. The van der Waals surface area contributed by atoms with E-state index in [9.17, 15) is 4.79 Å². The van der Waals surface area contributed by atoms with Crippen molar-refractivity contribution in [1.82, 2.24) is 0 Å². The van der Waals surface area contributed by atoms with Crippen LogP contribution >= 0.6 is 0 Å². The minimum Gasteiger partial charge on any atom is -0.476 e. The number of benzene rings is 1. The monoisotopic (exact) mass is 232 g/mol. The fraction of sp³-hybridized carbons (Fsp3) is 0.308. The van der Waals surface area contributed by atoms with Crippen molar-refractivity contribution in [3.05, 3.63) is 29.8 Å². The second kappa shape index (κ2) is 4.22. The molecule has 0 saturated heterocycles. The summed E-state index contributed by atoms with van der Waals surface area (Å²) in [5.41, 5.74) is 6.26. The highest BCUT2D eigenvalue weighted by molar-refractivity contribution is 6.00. The van der Waals surface area contributed by atoms with Crippen LogP contribution in [0.2, 0.25) is 0 Å². The van der Waals surface area contributed by atoms with Crippen LogP contribution in [0.4, 0.5) is 5.69 Å². The lowest BCUT2D eigenvalue weighted by molar-refractivity contribution is -0.129. The summed E-state index contributed by atoms with van der Waals surface area (Å²) in [7, 11) is 0. The van der Waals surface area contributed by atoms with Crippen molar-refractivity contribution >= 4 is 17.7 Å². The molecule has 1 amide bonds. The zero-order chi connectivity index (χ0) is 12.5. The number of fused-ring (bicyclic) bond motifs is 1. The minimum atomic E-state index is -0.818. The van der Waals surface area contributed by atoms with Crippen LogP contribution in [0.15, 0.2) is 24.3 Å². The van der Waals surface area contributed by atoms with Crippen molar-refractivity contribution in [2.45, 2.75) is 19.4 Å². The first kappa shape index (κ1) is 11.7. The molecule has 1 aromatic carbocycles. The molecule has 0 unspecified atom stereocenters. The average molecular weight is 232 g/mol. The molecule has 0 aromatic heterocycles. The van der Waals surface area contributed by atoms with Crippen molar-refractivity contribution in [2.75, 3.05) is 11.9 Å². The molecule has 1 aliphatic rings. The molecule has 0 fully saturated rings. The summed E-state index contributed by atoms with van der Waals surface area (Å²) >= 11 is 0. The Morgan fingerprint density at radius 3 is 2.94 bits per heavy atom. The molecule has 2 rings (SSSR count). The molecule has 1 heterocycles. The van der Waals surface area contributed by atoms with Gasteiger partial charge in [-0.05, 0) is 31.5 Å². The summed E-state index contributed by atoms with van der Waals surface area (Å²) in [5, 5.41) is 2.84. The number of hydrogen-bond donors (Lipinski definition) is 2. The van der Waals surface area contributed by atoms with Gasteiger partial charge in [-0.3, -0.25) is 4.79 Å². The van der Waals surface area contributed by atoms with E-state index in [0.29, 0.717) is 18.0 Å². The maximum atomic E-state index is 11.7. The van der Waals surface area contributed by atoms with Crippen LogP contribution in [0.3, 0.4) is 0 Å². The van der Waals surface area contributed by atoms with Crippen LogP contribution in [0.5, 0.6) is 5.75 Å². The van der Waals surface area contributed by atoms with Gasteiger partial charge in [0, 0.05) is 6.54 Å². The number of nitrogens with one attached hydrogen (secondary N) is 1. The number of nitrogens with two attached hydrogens (primary N) is 1. The van der Waals surface area contributed by atoms with Gasteiger partial charge in [0.2, 0.25) is 0 Å². The zero-order valence-electron chi connectivity index (χ0n) is 9.99. The van der Waals surface area contributed by atoms with Gasteiger partial charge < -0.3 is 15.8 Å². The molecule has 1 aliphatic heterocycles. The third-order valence-electron chi connectivity index (χ3n) is 2.61. The lowest BCUT2D eigenvalue weighted by atomic mass is 10.0. The number of ether oxygens (including phenoxy) is 1. The van der Waals surface area contributed by atoms with Crippen LogP contribution in [-0.2, 0) is 4.79 Å². The van der Waals surface area contributed by atoms with Crippen molar-refractivity contribution < 1.29 is 9.53 Å². The van der Waals surface area contributed by atoms with Gasteiger partial charge in [0.15, 0.2) is 5.60 Å². The molecule has 4 heteroatoms. The first-order valence-electron chi connectivity index (χ1n) is 5.54. The SMILES string of the molecule is CC1(C)Oc2ccc(/C=C/CN)cc2NC1=O. The Hall–Kier alpha value is -1.81. The van der Waals surface area contributed by atoms with Crippen molar-refractivity contribution in [3.63, 3.8) is 0 Å². The molecule has 0 aliphatic carbocycles. The van der Waals surface area contributed by atoms with E-state index in [4.69, 9.17) is 10.5 Å². The summed E-state index contributed by atoms with van der Waals surface area (Å²) in [6.07, 6.45) is 3.77. The molecule has 0 radical (unpaired) electrons. The average Bonchev–Trinajstić information content (AvgIpc) is 2.27. The topological polar surface area (TPSA) is 64.3 Å². The molecule has 90 valence electrons. The van der Waals surface area contributed by atoms with E-state index in [-0.39, 0.29) is 5.91 Å². The van der Waals surface area contributed by atoms with Gasteiger partial charge in [0.25, 0.3) is 5.91 Å². The summed E-state index contributed by atoms with van der Waals surface area (Å²) < 4.78 is 5.63. The number of hydrogen-bond acceptors (Lipinski definition) is 3. The maximum absolute atomic E-state index is 11.7. The van der Waals surface area contributed by atoms with Gasteiger partial charge in [0.05, 0.1) is 5.69 Å². The number of carbonyl (C=O) groups excluding carboxylic acids is 1. The normalized spacial score (nSPS) is 17.5. The van der Waals surface area contributed by atoms with Crippen LogP contribution < -0.4 is 15.8 Å². The van der Waals surface area contributed by atoms with E-state index < -0.39 is 5.60 Å². The van der Waals surface area contributed by atoms with Crippen molar-refractivity contribution in [3.8, 4) is 5.75 Å². The number of anilines is 1. The molecule has 4 nitrogen and oxygen atoms in total. The molecule has 17 heavy (non-hydrogen) atoms. The highest BCUT2D eigenvalue weighted by Crippen LogP contribution is 2.34. The Kier molecular flexibility index (Phi) is 2.90. The van der Waals surface area contributed by atoms with Gasteiger partial charge in [-0.1, -0.05) is 18.2 Å². The summed E-state index contributed by atoms with van der Waals surface area (Å²) in [6, 6.07) is 5.65. The standard InChI is InChI=1S/C13H16N2O2/c1-13(2)12(16)15-10-8-9(4-3-7-14)5-6-11(10)17-13/h3-6,8H,7,14H2,1-2H3,(H,15,16)/b4-3+. The van der Waals surface area contributed by atoms with E-state index >= 15 is 0 Å². The van der Waals surface area contributed by atoms with Gasteiger partial charge in [0.1, 0.15) is 5.75 Å². The van der Waals surface area contributed by atoms with E-state index in [2.05, 4.69) is 5.32 Å². The van der Waals surface area contributed by atoms with E-state index in [0.717, 1.165) is 5.56 Å². The Labute approximate surface area is 100 Å². The largest absolute Gasteiger partial charge is 0.476 e. The Morgan fingerprint density at radius 1 is 1.47 bits per heavy atom. The Morgan fingerprint density at radius 2 is 2.24 bits per heavy atom. The third-order valence-corrected chi connectivity index (χ3v) is 2.61. The Bertz CT molecular complexity index is 478. The summed E-state index contributed by atoms with van der Waals surface area (Å²) in [5.74, 6) is 0.560. The fourth-order valence-corrected chi connectivity index (χ4v) is 1.64. The second-order valence-corrected chi connectivity index (χ2v) is 4.46. The summed E-state index contributed by atoms with van der Waals surface area (Å²) in [6.45, 7) is 3.98. The van der Waals surface area contributed by atoms with Gasteiger partial charge in [-0.25, -0.2) is 0 Å². The lowest BCUT2D eigenvalue weighted by Gasteiger charge is -2.31. The van der Waals surface area contributed by atoms with Crippen LogP contribution in [0, 0.1) is 0 Å². The molecule has 1 aromatic rings. The molecule has 0 atom stereocenters. The van der Waals surface area contributed by atoms with Crippen LogP contribution in [-0.4, -0.2) is 18.1 Å². The van der Waals surface area contributed by atoms with Gasteiger partial charge in [-0.15, -0.1) is 0 Å². The number of amides is 1. The fourth-order valence-electron chi connectivity index (χ4n) is 1.64. The number of carbonyl (C=O) groups is 1. The molecule has 0 bridgehead atoms. The van der Waals surface area contributed by atoms with Gasteiger partial charge >= 0.3 is 0 Å². The predicted octanol–water partition coefficient (Wildman–Crippen LogP) is 1.77. The minimum absolute atomic E-state index is 0.134. The molecular formula is C13H16N2O2. The molecule has 3 N–H and O–H groups in total. The second-order valence-electron chi connectivity index (χ2n) is 4.46. The first-order chi connectivity index (χ1) is 8.03. The van der Waals surface area contributed by atoms with Crippen LogP contribution in [0.25, 0.3) is 6.08 Å². The lowest BCUT2D eigenvalue weighted by Crippen LogP contribution is -2.45. The van der Waals surface area contributed by atoms with E-state index in [1.54, 1.807) is 13.8 Å². The van der Waals surface area contributed by atoms with Crippen LogP contribution in [0.1, 0.15) is 19.4 Å². The number of rotatable bonds is 2. The van der Waals surface area contributed by atoms with Crippen molar-refractivity contribution in [1.29, 1.82) is 0 Å². The molecule has 0 spiro atoms. The first-order valence-corrected chi connectivity index (χ1v) is 5.54. The third kappa shape index (κ3) is 2.31. The molecule has 0 saturated carbocycles. The predicted molar refractivity (Wildman–Crippen MR) is 67.9 cm³/mol. The highest BCUT2D eigenvalue weighted by Gasteiger charge is 2.35.